The molecular weight excluding hydrogens is 508 g/mol. The van der Waals surface area contributed by atoms with E-state index in [1.54, 1.807) is 6.08 Å². The molecule has 0 saturated heterocycles. The fraction of sp³-hybridized carbons (Fsp3) is 0.536. The van der Waals surface area contributed by atoms with Crippen LogP contribution in [0.3, 0.4) is 0 Å². The Hall–Kier alpha value is -2.23. The van der Waals surface area contributed by atoms with Gasteiger partial charge in [0, 0.05) is 24.2 Å². The van der Waals surface area contributed by atoms with E-state index in [1.165, 1.54) is 35.4 Å². The quantitative estimate of drug-likeness (QED) is 0.0745. The van der Waals surface area contributed by atoms with Crippen molar-refractivity contribution in [2.75, 3.05) is 17.3 Å². The molecule has 0 aromatic rings. The summed E-state index contributed by atoms with van der Waals surface area (Å²) in [6.07, 6.45) is 12.7. The van der Waals surface area contributed by atoms with Crippen LogP contribution in [0.4, 0.5) is 0 Å². The van der Waals surface area contributed by atoms with Crippen molar-refractivity contribution in [3.8, 4) is 0 Å². The van der Waals surface area contributed by atoms with Gasteiger partial charge in [-0.15, -0.1) is 0 Å². The van der Waals surface area contributed by atoms with E-state index in [1.807, 2.05) is 6.92 Å². The van der Waals surface area contributed by atoms with Crippen LogP contribution in [0.25, 0.3) is 0 Å². The van der Waals surface area contributed by atoms with Crippen molar-refractivity contribution in [1.29, 1.82) is 0 Å². The number of carbonyl (C=O) groups is 3. The Morgan fingerprint density at radius 1 is 0.946 bits per heavy atom. The number of allylic oxidation sites excluding steroid dienone is 7. The predicted molar refractivity (Wildman–Crippen MR) is 162 cm³/mol. The summed E-state index contributed by atoms with van der Waals surface area (Å²) in [4.78, 5) is 31.8. The van der Waals surface area contributed by atoms with Crippen molar-refractivity contribution < 1.29 is 24.6 Å². The minimum Gasteiger partial charge on any atom is -0.480 e. The summed E-state index contributed by atoms with van der Waals surface area (Å²) in [5.41, 5.74) is 10.1. The smallest absolute Gasteiger partial charge is 0.327 e. The summed E-state index contributed by atoms with van der Waals surface area (Å²) < 4.78 is 0. The van der Waals surface area contributed by atoms with E-state index in [-0.39, 0.29) is 11.7 Å². The maximum absolute atomic E-state index is 11.0. The maximum Gasteiger partial charge on any atom is 0.327 e. The van der Waals surface area contributed by atoms with Gasteiger partial charge in [0.15, 0.2) is 0 Å². The van der Waals surface area contributed by atoms with Gasteiger partial charge < -0.3 is 21.3 Å². The number of carbonyl (C=O) groups excluding carboxylic acids is 1. The van der Waals surface area contributed by atoms with Gasteiger partial charge in [-0.25, -0.2) is 4.79 Å². The first kappa shape index (κ1) is 39.3. The molecule has 2 atom stereocenters. The summed E-state index contributed by atoms with van der Waals surface area (Å²) in [5, 5.41) is 19.5. The Balaban J connectivity index is -0.000000790. The zero-order chi connectivity index (χ0) is 29.4. The second-order valence-electron chi connectivity index (χ2n) is 8.77. The molecule has 0 saturated carbocycles. The number of hydrogen-bond donors (Lipinski definition) is 5. The molecule has 0 aliphatic heterocycles. The first-order chi connectivity index (χ1) is 17.2. The second kappa shape index (κ2) is 25.4. The Morgan fingerprint density at radius 3 is 1.78 bits per heavy atom. The van der Waals surface area contributed by atoms with Crippen molar-refractivity contribution in [3.05, 3.63) is 59.8 Å². The normalized spacial score (nSPS) is 12.4. The van der Waals surface area contributed by atoms with Crippen LogP contribution in [-0.2, 0) is 14.4 Å². The van der Waals surface area contributed by atoms with Gasteiger partial charge in [-0.2, -0.15) is 24.4 Å². The van der Waals surface area contributed by atoms with Gasteiger partial charge in [-0.3, -0.25) is 9.59 Å². The standard InChI is InChI=1S/C20H33NO3S.C5H8.C3H7NO2S/c1-15(2)8-6-9-16(3)10-7-11-17(4)12-13-25-14-19(20(23)24)21-18(5)22;1-4-5(2)3;4-2(1-7)3(5)6/h8,10,12,19H,6-7,9,11,13-14H2,1-5H3,(H,21,22)(H,23,24);4H,1-2H2,3H3;2,7H,1,4H2,(H,5,6). The fourth-order valence-corrected chi connectivity index (χ4v) is 3.38. The molecule has 2 unspecified atom stereocenters. The summed E-state index contributed by atoms with van der Waals surface area (Å²) in [7, 11) is 0. The Morgan fingerprint density at radius 2 is 1.43 bits per heavy atom. The van der Waals surface area contributed by atoms with Crippen molar-refractivity contribution in [2.45, 2.75) is 79.3 Å². The molecule has 9 heteroatoms. The summed E-state index contributed by atoms with van der Waals surface area (Å²) in [5.74, 6) is -0.978. The molecule has 7 nitrogen and oxygen atoms in total. The molecule has 37 heavy (non-hydrogen) atoms. The number of amides is 1. The zero-order valence-electron chi connectivity index (χ0n) is 23.4. The minimum atomic E-state index is -1.00. The zero-order valence-corrected chi connectivity index (χ0v) is 25.1. The average Bonchev–Trinajstić information content (AvgIpc) is 2.80. The highest BCUT2D eigenvalue weighted by Gasteiger charge is 2.17. The van der Waals surface area contributed by atoms with Crippen LogP contribution in [0.1, 0.15) is 67.2 Å². The minimum absolute atomic E-state index is 0.190. The molecule has 0 aliphatic rings. The van der Waals surface area contributed by atoms with Crippen LogP contribution in [0.15, 0.2) is 59.8 Å². The van der Waals surface area contributed by atoms with Gasteiger partial charge in [0.1, 0.15) is 12.1 Å². The molecule has 212 valence electrons. The molecule has 0 aromatic carbocycles. The first-order valence-electron chi connectivity index (χ1n) is 12.1. The molecular formula is C28H48N2O5S2. The van der Waals surface area contributed by atoms with E-state index in [9.17, 15) is 14.4 Å². The van der Waals surface area contributed by atoms with Crippen LogP contribution >= 0.6 is 24.4 Å². The van der Waals surface area contributed by atoms with E-state index in [2.05, 4.69) is 77.0 Å². The lowest BCUT2D eigenvalue weighted by atomic mass is 10.1. The van der Waals surface area contributed by atoms with E-state index >= 15 is 0 Å². The van der Waals surface area contributed by atoms with Gasteiger partial charge in [-0.05, 0) is 60.3 Å². The van der Waals surface area contributed by atoms with Crippen LogP contribution in [0.5, 0.6) is 0 Å². The highest BCUT2D eigenvalue weighted by molar-refractivity contribution is 7.99. The number of nitrogens with one attached hydrogen (secondary N) is 1. The third kappa shape index (κ3) is 31.7. The molecule has 0 fully saturated rings. The molecule has 0 spiro atoms. The Bertz CT molecular complexity index is 800. The molecule has 0 aliphatic carbocycles. The third-order valence-electron chi connectivity index (χ3n) is 4.49. The van der Waals surface area contributed by atoms with E-state index in [4.69, 9.17) is 15.9 Å². The SMILES string of the molecule is C=CC(=C)C.CC(=O)NC(CSCC=C(C)CCC=C(C)CCC=C(C)C)C(=O)O.NC(CS)C(=O)O. The second-order valence-corrected chi connectivity index (χ2v) is 10.2. The highest BCUT2D eigenvalue weighted by Crippen LogP contribution is 2.13. The average molecular weight is 557 g/mol. The monoisotopic (exact) mass is 556 g/mol. The number of carboxylic acid groups (broad SMARTS) is 2. The fourth-order valence-electron chi connectivity index (χ4n) is 2.22. The van der Waals surface area contributed by atoms with Gasteiger partial charge >= 0.3 is 11.9 Å². The molecule has 0 heterocycles. The number of carboxylic acids is 2. The van der Waals surface area contributed by atoms with Gasteiger partial charge in [0.25, 0.3) is 0 Å². The van der Waals surface area contributed by atoms with Crippen LogP contribution in [0.2, 0.25) is 0 Å². The summed E-state index contributed by atoms with van der Waals surface area (Å²) in [6.45, 7) is 18.8. The van der Waals surface area contributed by atoms with Gasteiger partial charge in [-0.1, -0.05) is 59.8 Å². The van der Waals surface area contributed by atoms with Crippen LogP contribution < -0.4 is 11.1 Å². The van der Waals surface area contributed by atoms with Crippen LogP contribution in [0, 0.1) is 0 Å². The van der Waals surface area contributed by atoms with Crippen LogP contribution in [-0.4, -0.2) is 57.4 Å². The Labute approximate surface area is 233 Å². The lowest BCUT2D eigenvalue weighted by Crippen LogP contribution is -2.41. The molecule has 0 rings (SSSR count). The topological polar surface area (TPSA) is 130 Å². The van der Waals surface area contributed by atoms with Gasteiger partial charge in [0.2, 0.25) is 5.91 Å². The number of aliphatic carboxylic acids is 2. The lowest BCUT2D eigenvalue weighted by Gasteiger charge is -2.12. The number of thiol groups is 1. The van der Waals surface area contributed by atoms with Crippen molar-refractivity contribution >= 4 is 42.2 Å². The van der Waals surface area contributed by atoms with Crippen molar-refractivity contribution in [2.24, 2.45) is 5.73 Å². The highest BCUT2D eigenvalue weighted by atomic mass is 32.2. The van der Waals surface area contributed by atoms with E-state index < -0.39 is 24.0 Å². The van der Waals surface area contributed by atoms with Gasteiger partial charge in [0.05, 0.1) is 0 Å². The number of hydrogen-bond acceptors (Lipinski definition) is 6. The predicted octanol–water partition coefficient (Wildman–Crippen LogP) is 5.80. The largest absolute Gasteiger partial charge is 0.480 e. The Kier molecular flexibility index (Phi) is 27.0. The molecule has 0 bridgehead atoms. The van der Waals surface area contributed by atoms with E-state index in [0.717, 1.165) is 37.0 Å². The molecule has 1 amide bonds. The summed E-state index contributed by atoms with van der Waals surface area (Å²) in [6, 6.07) is -1.63. The summed E-state index contributed by atoms with van der Waals surface area (Å²) >= 11 is 5.17. The lowest BCUT2D eigenvalue weighted by molar-refractivity contribution is -0.140. The van der Waals surface area contributed by atoms with Crippen molar-refractivity contribution in [3.63, 3.8) is 0 Å². The third-order valence-corrected chi connectivity index (χ3v) is 5.86. The first-order valence-corrected chi connectivity index (χ1v) is 13.9. The number of nitrogens with two attached hydrogens (primary N) is 1. The number of rotatable bonds is 15. The molecule has 5 N–H and O–H groups in total. The van der Waals surface area contributed by atoms with Crippen molar-refractivity contribution in [1.82, 2.24) is 5.32 Å². The number of thioether (sulfide) groups is 1. The van der Waals surface area contributed by atoms with E-state index in [0.29, 0.717) is 5.75 Å². The molecule has 0 radical (unpaired) electrons. The molecule has 0 aromatic heterocycles. The maximum atomic E-state index is 11.0.